The predicted octanol–water partition coefficient (Wildman–Crippen LogP) is 4.20. The van der Waals surface area contributed by atoms with Gasteiger partial charge in [-0.15, -0.1) is 0 Å². The Morgan fingerprint density at radius 2 is 1.79 bits per heavy atom. The molecule has 0 radical (unpaired) electrons. The van der Waals surface area contributed by atoms with E-state index in [9.17, 15) is 14.4 Å². The van der Waals surface area contributed by atoms with Crippen LogP contribution < -0.4 is 0 Å². The maximum Gasteiger partial charge on any atom is 0.334 e. The lowest BCUT2D eigenvalue weighted by molar-refractivity contribution is -0.147. The molecule has 0 spiro atoms. The van der Waals surface area contributed by atoms with Crippen LogP contribution in [0.5, 0.6) is 0 Å². The highest BCUT2D eigenvalue weighted by molar-refractivity contribution is 5.93. The third-order valence-corrected chi connectivity index (χ3v) is 5.40. The second-order valence-electron chi connectivity index (χ2n) is 7.38. The molecule has 0 aromatic carbocycles. The Balaban J connectivity index is 0.000000212. The van der Waals surface area contributed by atoms with Gasteiger partial charge in [-0.2, -0.15) is 0 Å². The van der Waals surface area contributed by atoms with Gasteiger partial charge in [-0.05, 0) is 70.6 Å². The van der Waals surface area contributed by atoms with E-state index in [0.29, 0.717) is 26.1 Å². The summed E-state index contributed by atoms with van der Waals surface area (Å²) in [6.45, 7) is 9.10. The second-order valence-corrected chi connectivity index (χ2v) is 7.38. The minimum Gasteiger partial charge on any atom is -0.498 e. The van der Waals surface area contributed by atoms with Gasteiger partial charge in [-0.3, -0.25) is 9.59 Å². The summed E-state index contributed by atoms with van der Waals surface area (Å²) >= 11 is 0. The minimum absolute atomic E-state index is 0.109. The van der Waals surface area contributed by atoms with E-state index in [1.807, 2.05) is 13.8 Å². The van der Waals surface area contributed by atoms with Crippen LogP contribution in [-0.4, -0.2) is 37.5 Å². The normalized spacial score (nSPS) is 21.3. The molecule has 1 atom stereocenters. The molecule has 29 heavy (non-hydrogen) atoms. The Labute approximate surface area is 173 Å². The first-order valence-corrected chi connectivity index (χ1v) is 10.5. The van der Waals surface area contributed by atoms with E-state index in [-0.39, 0.29) is 23.6 Å². The lowest BCUT2D eigenvalue weighted by Crippen LogP contribution is -2.23. The summed E-state index contributed by atoms with van der Waals surface area (Å²) < 4.78 is 15.6. The van der Waals surface area contributed by atoms with Crippen LogP contribution in [0.25, 0.3) is 0 Å². The van der Waals surface area contributed by atoms with E-state index in [1.54, 1.807) is 19.9 Å². The Morgan fingerprint density at radius 1 is 1.07 bits per heavy atom. The molecule has 0 aromatic heterocycles. The van der Waals surface area contributed by atoms with E-state index in [2.05, 4.69) is 0 Å². The summed E-state index contributed by atoms with van der Waals surface area (Å²) in [6.07, 6.45) is 6.28. The van der Waals surface area contributed by atoms with Gasteiger partial charge < -0.3 is 14.2 Å². The van der Waals surface area contributed by atoms with Crippen LogP contribution in [-0.2, 0) is 28.6 Å². The van der Waals surface area contributed by atoms with Crippen LogP contribution in [0.15, 0.2) is 34.1 Å². The van der Waals surface area contributed by atoms with Crippen LogP contribution in [0.3, 0.4) is 0 Å². The van der Waals surface area contributed by atoms with E-state index in [0.717, 1.165) is 54.8 Å². The zero-order valence-electron chi connectivity index (χ0n) is 18.0. The molecule has 0 fully saturated rings. The van der Waals surface area contributed by atoms with E-state index in [4.69, 9.17) is 14.2 Å². The fourth-order valence-electron chi connectivity index (χ4n) is 3.86. The molecule has 1 unspecified atom stereocenters. The van der Waals surface area contributed by atoms with Crippen LogP contribution in [0.4, 0.5) is 0 Å². The van der Waals surface area contributed by atoms with E-state index in [1.165, 1.54) is 5.57 Å². The van der Waals surface area contributed by atoms with Gasteiger partial charge in [0.15, 0.2) is 5.78 Å². The predicted molar refractivity (Wildman–Crippen MR) is 109 cm³/mol. The van der Waals surface area contributed by atoms with Crippen LogP contribution >= 0.6 is 0 Å². The molecule has 0 N–H and O–H groups in total. The smallest absolute Gasteiger partial charge is 0.334 e. The molecule has 0 saturated carbocycles. The van der Waals surface area contributed by atoms with Gasteiger partial charge in [-0.1, -0.05) is 5.57 Å². The number of rotatable bonds is 4. The lowest BCUT2D eigenvalue weighted by Gasteiger charge is -2.27. The third kappa shape index (κ3) is 6.05. The fourth-order valence-corrected chi connectivity index (χ4v) is 3.86. The largest absolute Gasteiger partial charge is 0.498 e. The molecule has 2 aliphatic carbocycles. The van der Waals surface area contributed by atoms with Crippen molar-refractivity contribution >= 4 is 17.7 Å². The summed E-state index contributed by atoms with van der Waals surface area (Å²) in [4.78, 5) is 34.1. The van der Waals surface area contributed by atoms with Crippen LogP contribution in [0.1, 0.15) is 66.2 Å². The first kappa shape index (κ1) is 22.9. The Bertz CT molecular complexity index is 740. The highest BCUT2D eigenvalue weighted by Gasteiger charge is 2.27. The number of hydrogen-bond acceptors (Lipinski definition) is 6. The monoisotopic (exact) mass is 404 g/mol. The third-order valence-electron chi connectivity index (χ3n) is 5.40. The van der Waals surface area contributed by atoms with Gasteiger partial charge >= 0.3 is 11.9 Å². The van der Waals surface area contributed by atoms with Crippen molar-refractivity contribution in [2.24, 2.45) is 5.92 Å². The quantitative estimate of drug-likeness (QED) is 0.654. The van der Waals surface area contributed by atoms with Gasteiger partial charge in [0, 0.05) is 18.4 Å². The van der Waals surface area contributed by atoms with Gasteiger partial charge in [0.2, 0.25) is 0 Å². The molecule has 0 aromatic rings. The summed E-state index contributed by atoms with van der Waals surface area (Å²) in [7, 11) is 0. The lowest BCUT2D eigenvalue weighted by atomic mass is 9.87. The zero-order valence-corrected chi connectivity index (χ0v) is 18.0. The molecule has 3 rings (SSSR count). The molecule has 3 aliphatic rings. The average Bonchev–Trinajstić information content (AvgIpc) is 2.69. The summed E-state index contributed by atoms with van der Waals surface area (Å²) in [5.41, 5.74) is 3.99. The van der Waals surface area contributed by atoms with Crippen molar-refractivity contribution in [3.05, 3.63) is 34.1 Å². The molecule has 0 bridgehead atoms. The molecule has 1 aliphatic heterocycles. The van der Waals surface area contributed by atoms with Crippen LogP contribution in [0, 0.1) is 5.92 Å². The maximum absolute atomic E-state index is 11.7. The molecule has 160 valence electrons. The number of hydrogen-bond donors (Lipinski definition) is 0. The minimum atomic E-state index is -0.205. The van der Waals surface area contributed by atoms with E-state index >= 15 is 0 Å². The van der Waals surface area contributed by atoms with Crippen molar-refractivity contribution in [1.29, 1.82) is 0 Å². The van der Waals surface area contributed by atoms with Gasteiger partial charge in [0.05, 0.1) is 31.5 Å². The maximum atomic E-state index is 11.7. The number of carbonyl (C=O) groups excluding carboxylic acids is 3. The fraction of sp³-hybridized carbons (Fsp3) is 0.609. The molecule has 6 nitrogen and oxygen atoms in total. The highest BCUT2D eigenvalue weighted by atomic mass is 16.5. The zero-order chi connectivity index (χ0) is 21.4. The first-order chi connectivity index (χ1) is 13.9. The molecular weight excluding hydrogens is 372 g/mol. The standard InChI is InChI=1S/C13H18O3.C10H14O3/c1-3-15-13(14)11-6-7-12-10(9(11)2)5-4-8-16-12;1-3-13-10(12)9-5-4-8(11)6-7(9)2/h3-8H2,1-2H3;6,9H,3-5H2,1-2H3. The topological polar surface area (TPSA) is 78.9 Å². The molecule has 6 heteroatoms. The Hall–Kier alpha value is -2.37. The molecule has 0 saturated heterocycles. The second kappa shape index (κ2) is 11.0. The number of ether oxygens (including phenoxy) is 3. The Kier molecular flexibility index (Phi) is 8.68. The van der Waals surface area contributed by atoms with Crippen molar-refractivity contribution in [1.82, 2.24) is 0 Å². The Morgan fingerprint density at radius 3 is 2.45 bits per heavy atom. The highest BCUT2D eigenvalue weighted by Crippen LogP contribution is 2.36. The average molecular weight is 405 g/mol. The van der Waals surface area contributed by atoms with Crippen molar-refractivity contribution in [3.63, 3.8) is 0 Å². The number of allylic oxidation sites excluding steroid dienone is 4. The summed E-state index contributed by atoms with van der Waals surface area (Å²) in [5.74, 6) is 0.647. The summed E-state index contributed by atoms with van der Waals surface area (Å²) in [6, 6.07) is 0. The van der Waals surface area contributed by atoms with Crippen molar-refractivity contribution in [3.8, 4) is 0 Å². The number of esters is 2. The SMILES string of the molecule is CCOC(=O)C1=C(C)C2=C(CC1)OCCC2.CCOC(=O)C1CCC(=O)C=C1C. The summed E-state index contributed by atoms with van der Waals surface area (Å²) in [5, 5.41) is 0. The molecule has 1 heterocycles. The van der Waals surface area contributed by atoms with Crippen LogP contribution in [0.2, 0.25) is 0 Å². The molecular formula is C23H32O6. The molecule has 0 amide bonds. The van der Waals surface area contributed by atoms with Gasteiger partial charge in [-0.25, -0.2) is 4.79 Å². The van der Waals surface area contributed by atoms with Crippen molar-refractivity contribution in [2.75, 3.05) is 19.8 Å². The van der Waals surface area contributed by atoms with Crippen molar-refractivity contribution in [2.45, 2.75) is 66.2 Å². The van der Waals surface area contributed by atoms with E-state index < -0.39 is 0 Å². The van der Waals surface area contributed by atoms with Gasteiger partial charge in [0.25, 0.3) is 0 Å². The van der Waals surface area contributed by atoms with Crippen molar-refractivity contribution < 1.29 is 28.6 Å². The first-order valence-electron chi connectivity index (χ1n) is 10.5. The van der Waals surface area contributed by atoms with Gasteiger partial charge in [0.1, 0.15) is 0 Å². The number of ketones is 1. The number of carbonyl (C=O) groups is 3.